The minimum atomic E-state index is -0.237. The number of nitrogens with one attached hydrogen (secondary N) is 1. The molecular formula is C10H12FN3. The second-order valence-electron chi connectivity index (χ2n) is 3.47. The molecular weight excluding hydrogens is 181 g/mol. The maximum absolute atomic E-state index is 13.0. The number of benzene rings is 1. The van der Waals surface area contributed by atoms with Crippen molar-refractivity contribution < 1.29 is 4.39 Å². The molecule has 2 rings (SSSR count). The van der Waals surface area contributed by atoms with Gasteiger partial charge in [0.1, 0.15) is 11.7 Å². The number of anilines is 1. The zero-order chi connectivity index (χ0) is 10.1. The van der Waals surface area contributed by atoms with Gasteiger partial charge in [0.2, 0.25) is 0 Å². The molecule has 1 aromatic rings. The van der Waals surface area contributed by atoms with E-state index >= 15 is 0 Å². The van der Waals surface area contributed by atoms with Crippen molar-refractivity contribution >= 4 is 11.5 Å². The van der Waals surface area contributed by atoms with Crippen molar-refractivity contribution in [1.29, 1.82) is 5.41 Å². The van der Waals surface area contributed by atoms with Crippen LogP contribution >= 0.6 is 0 Å². The fourth-order valence-electron chi connectivity index (χ4n) is 1.79. The second kappa shape index (κ2) is 3.29. The third-order valence-corrected chi connectivity index (χ3v) is 2.40. The Balaban J connectivity index is 2.28. The summed E-state index contributed by atoms with van der Waals surface area (Å²) in [5.74, 6) is -0.124. The molecule has 4 heteroatoms. The van der Waals surface area contributed by atoms with Crippen molar-refractivity contribution in [3.63, 3.8) is 0 Å². The highest BCUT2D eigenvalue weighted by atomic mass is 19.1. The lowest BCUT2D eigenvalue weighted by Gasteiger charge is -2.17. The van der Waals surface area contributed by atoms with Gasteiger partial charge >= 0.3 is 0 Å². The lowest BCUT2D eigenvalue weighted by molar-refractivity contribution is 0.627. The van der Waals surface area contributed by atoms with E-state index in [0.717, 1.165) is 24.2 Å². The van der Waals surface area contributed by atoms with Crippen LogP contribution in [-0.2, 0) is 6.42 Å². The lowest BCUT2D eigenvalue weighted by atomic mass is 10.2. The fraction of sp³-hybridized carbons (Fsp3) is 0.300. The van der Waals surface area contributed by atoms with Gasteiger partial charge in [-0.15, -0.1) is 0 Å². The summed E-state index contributed by atoms with van der Waals surface area (Å²) < 4.78 is 13.0. The monoisotopic (exact) mass is 193 g/mol. The third-order valence-electron chi connectivity index (χ3n) is 2.40. The summed E-state index contributed by atoms with van der Waals surface area (Å²) in [5.41, 5.74) is 7.32. The summed E-state index contributed by atoms with van der Waals surface area (Å²) in [4.78, 5) is 1.93. The predicted octanol–water partition coefficient (Wildman–Crippen LogP) is 1.12. The van der Waals surface area contributed by atoms with Crippen LogP contribution < -0.4 is 10.6 Å². The van der Waals surface area contributed by atoms with Crippen LogP contribution in [0.15, 0.2) is 18.2 Å². The van der Waals surface area contributed by atoms with Crippen LogP contribution in [0.4, 0.5) is 10.1 Å². The molecule has 0 aromatic heterocycles. The number of hydrogen-bond acceptors (Lipinski definition) is 2. The Labute approximate surface area is 81.8 Å². The highest BCUT2D eigenvalue weighted by molar-refractivity contribution is 5.83. The zero-order valence-electron chi connectivity index (χ0n) is 7.76. The summed E-state index contributed by atoms with van der Waals surface area (Å²) in [5, 5.41) is 7.20. The van der Waals surface area contributed by atoms with Gasteiger partial charge in [0.05, 0.1) is 6.54 Å². The zero-order valence-corrected chi connectivity index (χ0v) is 7.76. The van der Waals surface area contributed by atoms with Gasteiger partial charge in [-0.3, -0.25) is 5.41 Å². The molecule has 0 bridgehead atoms. The normalized spacial score (nSPS) is 14.2. The molecule has 0 amide bonds. The average Bonchev–Trinajstić information content (AvgIpc) is 2.47. The van der Waals surface area contributed by atoms with Crippen molar-refractivity contribution in [1.82, 2.24) is 0 Å². The van der Waals surface area contributed by atoms with Crippen molar-refractivity contribution in [2.45, 2.75) is 6.42 Å². The summed E-state index contributed by atoms with van der Waals surface area (Å²) in [6.07, 6.45) is 0.906. The first-order valence-corrected chi connectivity index (χ1v) is 4.53. The van der Waals surface area contributed by atoms with E-state index in [1.54, 1.807) is 6.07 Å². The van der Waals surface area contributed by atoms with Crippen molar-refractivity contribution in [2.75, 3.05) is 18.0 Å². The fourth-order valence-corrected chi connectivity index (χ4v) is 1.79. The van der Waals surface area contributed by atoms with Crippen LogP contribution in [0.1, 0.15) is 5.56 Å². The number of amidine groups is 1. The summed E-state index contributed by atoms with van der Waals surface area (Å²) in [7, 11) is 0. The van der Waals surface area contributed by atoms with Crippen LogP contribution in [0.3, 0.4) is 0 Å². The molecule has 0 spiro atoms. The van der Waals surface area contributed by atoms with E-state index in [-0.39, 0.29) is 11.7 Å². The van der Waals surface area contributed by atoms with Gasteiger partial charge in [0, 0.05) is 12.2 Å². The molecule has 1 aliphatic rings. The van der Waals surface area contributed by atoms with Crippen LogP contribution in [-0.4, -0.2) is 18.9 Å². The first-order chi connectivity index (χ1) is 6.66. The van der Waals surface area contributed by atoms with Crippen molar-refractivity contribution in [2.24, 2.45) is 5.73 Å². The standard InChI is InChI=1S/C10H12FN3/c11-8-2-1-7-3-4-14(6-10(12)13)9(7)5-8/h1-2,5H,3-4,6H2,(H3,12,13). The molecule has 1 aromatic carbocycles. The second-order valence-corrected chi connectivity index (χ2v) is 3.47. The number of rotatable bonds is 2. The maximum atomic E-state index is 13.0. The smallest absolute Gasteiger partial charge is 0.125 e. The van der Waals surface area contributed by atoms with Crippen LogP contribution in [0.2, 0.25) is 0 Å². The molecule has 1 aliphatic heterocycles. The molecule has 0 saturated heterocycles. The molecule has 1 heterocycles. The first-order valence-electron chi connectivity index (χ1n) is 4.53. The Morgan fingerprint density at radius 1 is 1.57 bits per heavy atom. The van der Waals surface area contributed by atoms with Crippen LogP contribution in [0.25, 0.3) is 0 Å². The Bertz CT molecular complexity index is 376. The van der Waals surface area contributed by atoms with Crippen molar-refractivity contribution in [3.8, 4) is 0 Å². The van der Waals surface area contributed by atoms with Gasteiger partial charge < -0.3 is 10.6 Å². The van der Waals surface area contributed by atoms with Gasteiger partial charge in [-0.05, 0) is 24.1 Å². The van der Waals surface area contributed by atoms with Gasteiger partial charge in [-0.2, -0.15) is 0 Å². The molecule has 0 aliphatic carbocycles. The summed E-state index contributed by atoms with van der Waals surface area (Å²) in [6, 6.07) is 4.77. The molecule has 0 fully saturated rings. The minimum absolute atomic E-state index is 0.113. The predicted molar refractivity (Wildman–Crippen MR) is 54.2 cm³/mol. The van der Waals surface area contributed by atoms with E-state index < -0.39 is 0 Å². The number of hydrogen-bond donors (Lipinski definition) is 2. The Morgan fingerprint density at radius 2 is 2.36 bits per heavy atom. The molecule has 14 heavy (non-hydrogen) atoms. The lowest BCUT2D eigenvalue weighted by Crippen LogP contribution is -2.31. The SMILES string of the molecule is N=C(N)CN1CCc2ccc(F)cc21. The number of nitrogens with two attached hydrogens (primary N) is 1. The number of halogens is 1. The quantitative estimate of drug-likeness (QED) is 0.546. The van der Waals surface area contributed by atoms with Gasteiger partial charge in [-0.1, -0.05) is 6.07 Å². The first kappa shape index (κ1) is 8.99. The maximum Gasteiger partial charge on any atom is 0.125 e. The molecule has 0 unspecified atom stereocenters. The van der Waals surface area contributed by atoms with Crippen molar-refractivity contribution in [3.05, 3.63) is 29.6 Å². The average molecular weight is 193 g/mol. The number of fused-ring (bicyclic) bond motifs is 1. The Morgan fingerprint density at radius 3 is 3.07 bits per heavy atom. The Hall–Kier alpha value is -1.58. The topological polar surface area (TPSA) is 53.1 Å². The van der Waals surface area contributed by atoms with E-state index in [9.17, 15) is 4.39 Å². The summed E-state index contributed by atoms with van der Waals surface area (Å²) >= 11 is 0. The van der Waals surface area contributed by atoms with E-state index in [4.69, 9.17) is 11.1 Å². The van der Waals surface area contributed by atoms with Gasteiger partial charge in [-0.25, -0.2) is 4.39 Å². The van der Waals surface area contributed by atoms with Gasteiger partial charge in [0.25, 0.3) is 0 Å². The minimum Gasteiger partial charge on any atom is -0.386 e. The van der Waals surface area contributed by atoms with Gasteiger partial charge in [0.15, 0.2) is 0 Å². The van der Waals surface area contributed by atoms with E-state index in [1.165, 1.54) is 12.1 Å². The van der Waals surface area contributed by atoms with E-state index in [1.807, 2.05) is 4.90 Å². The largest absolute Gasteiger partial charge is 0.386 e. The Kier molecular flexibility index (Phi) is 2.11. The molecule has 0 radical (unpaired) electrons. The van der Waals surface area contributed by atoms with E-state index in [2.05, 4.69) is 0 Å². The number of nitrogens with zero attached hydrogens (tertiary/aromatic N) is 1. The van der Waals surface area contributed by atoms with E-state index in [0.29, 0.717) is 6.54 Å². The molecule has 0 saturated carbocycles. The highest BCUT2D eigenvalue weighted by Gasteiger charge is 2.19. The summed E-state index contributed by atoms with van der Waals surface area (Å²) in [6.45, 7) is 1.20. The molecule has 3 N–H and O–H groups in total. The van der Waals surface area contributed by atoms with Crippen LogP contribution in [0.5, 0.6) is 0 Å². The molecule has 0 atom stereocenters. The van der Waals surface area contributed by atoms with Crippen LogP contribution in [0, 0.1) is 11.2 Å². The third kappa shape index (κ3) is 1.55. The molecule has 3 nitrogen and oxygen atoms in total. The molecule has 74 valence electrons. The highest BCUT2D eigenvalue weighted by Crippen LogP contribution is 2.27.